The van der Waals surface area contributed by atoms with Gasteiger partial charge in [0.2, 0.25) is 5.79 Å². The van der Waals surface area contributed by atoms with Gasteiger partial charge in [-0.15, -0.1) is 0 Å². The van der Waals surface area contributed by atoms with E-state index in [1.54, 1.807) is 13.8 Å². The lowest BCUT2D eigenvalue weighted by molar-refractivity contribution is -0.273. The fourth-order valence-electron chi connectivity index (χ4n) is 2.28. The molecule has 4 atom stereocenters. The van der Waals surface area contributed by atoms with Crippen LogP contribution in [0.2, 0.25) is 0 Å². The van der Waals surface area contributed by atoms with Gasteiger partial charge in [0.1, 0.15) is 18.8 Å². The van der Waals surface area contributed by atoms with E-state index in [1.165, 1.54) is 6.92 Å². The molecule has 0 bridgehead atoms. The molecule has 2 rings (SSSR count). The predicted molar refractivity (Wildman–Crippen MR) is 57.4 cm³/mol. The van der Waals surface area contributed by atoms with Crippen LogP contribution in [0, 0.1) is 0 Å². The van der Waals surface area contributed by atoms with Crippen molar-refractivity contribution in [3.8, 4) is 0 Å². The smallest absolute Gasteiger partial charge is 0.303 e. The first-order valence-corrected chi connectivity index (χ1v) is 5.78. The molecule has 7 nitrogen and oxygen atoms in total. The third-order valence-corrected chi connectivity index (χ3v) is 2.99. The van der Waals surface area contributed by atoms with Crippen molar-refractivity contribution in [3.63, 3.8) is 0 Å². The van der Waals surface area contributed by atoms with E-state index in [-0.39, 0.29) is 6.61 Å². The summed E-state index contributed by atoms with van der Waals surface area (Å²) in [7, 11) is 0. The largest absolute Gasteiger partial charge is 0.454 e. The van der Waals surface area contributed by atoms with E-state index in [2.05, 4.69) is 0 Å². The summed E-state index contributed by atoms with van der Waals surface area (Å²) in [6.07, 6.45) is -3.04. The van der Waals surface area contributed by atoms with Gasteiger partial charge >= 0.3 is 5.97 Å². The summed E-state index contributed by atoms with van der Waals surface area (Å²) >= 11 is 0. The lowest BCUT2D eigenvalue weighted by Gasteiger charge is -2.29. The fourth-order valence-corrected chi connectivity index (χ4v) is 2.28. The number of carbonyl (C=O) groups excluding carboxylic acids is 1. The van der Waals surface area contributed by atoms with Gasteiger partial charge in [0, 0.05) is 6.92 Å². The molecule has 0 aromatic carbocycles. The summed E-state index contributed by atoms with van der Waals surface area (Å²) in [6.45, 7) is 4.23. The Morgan fingerprint density at radius 2 is 2.17 bits per heavy atom. The molecule has 0 aromatic heterocycles. The van der Waals surface area contributed by atoms with E-state index >= 15 is 0 Å². The van der Waals surface area contributed by atoms with Crippen LogP contribution in [0.1, 0.15) is 20.8 Å². The Balaban J connectivity index is 2.24. The minimum atomic E-state index is -1.36. The number of hydrogen-bond acceptors (Lipinski definition) is 7. The average Bonchev–Trinajstić information content (AvgIpc) is 2.70. The molecule has 0 aliphatic carbocycles. The molecule has 1 spiro atoms. The van der Waals surface area contributed by atoms with Crippen molar-refractivity contribution in [2.45, 2.75) is 50.7 Å². The molecule has 104 valence electrons. The number of esters is 1. The standard InChI is InChI=1S/C11H18O7/c1-6(13)16-9-8(14)7(4-12)17-11(9)5-15-10(2,3)18-11/h7-9,12,14H,4-5H2,1-3H3/t7-,8+,9-,11-/m0/s1. The van der Waals surface area contributed by atoms with Crippen molar-refractivity contribution >= 4 is 5.97 Å². The summed E-state index contributed by atoms with van der Waals surface area (Å²) in [5.41, 5.74) is 0. The normalized spacial score (nSPS) is 42.4. The van der Waals surface area contributed by atoms with Crippen molar-refractivity contribution in [1.29, 1.82) is 0 Å². The van der Waals surface area contributed by atoms with E-state index in [1.807, 2.05) is 0 Å². The van der Waals surface area contributed by atoms with E-state index in [0.29, 0.717) is 0 Å². The van der Waals surface area contributed by atoms with E-state index in [9.17, 15) is 9.90 Å². The topological polar surface area (TPSA) is 94.5 Å². The van der Waals surface area contributed by atoms with Crippen LogP contribution >= 0.6 is 0 Å². The van der Waals surface area contributed by atoms with E-state index < -0.39 is 42.5 Å². The lowest BCUT2D eigenvalue weighted by atomic mass is 10.1. The Bertz CT molecular complexity index is 342. The maximum absolute atomic E-state index is 11.1. The molecule has 7 heteroatoms. The molecule has 2 N–H and O–H groups in total. The Kier molecular flexibility index (Phi) is 3.37. The summed E-state index contributed by atoms with van der Waals surface area (Å²) in [4.78, 5) is 11.1. The first-order valence-electron chi connectivity index (χ1n) is 5.78. The van der Waals surface area contributed by atoms with Crippen LogP contribution in [0.25, 0.3) is 0 Å². The molecule has 2 aliphatic heterocycles. The summed E-state index contributed by atoms with van der Waals surface area (Å²) in [5, 5.41) is 19.1. The zero-order valence-corrected chi connectivity index (χ0v) is 10.6. The Morgan fingerprint density at radius 1 is 1.50 bits per heavy atom. The van der Waals surface area contributed by atoms with Crippen LogP contribution in [0.3, 0.4) is 0 Å². The molecule has 18 heavy (non-hydrogen) atoms. The van der Waals surface area contributed by atoms with Crippen LogP contribution in [0.4, 0.5) is 0 Å². The second-order valence-corrected chi connectivity index (χ2v) is 4.96. The van der Waals surface area contributed by atoms with Crippen LogP contribution in [-0.2, 0) is 23.7 Å². The second kappa shape index (κ2) is 4.43. The average molecular weight is 262 g/mol. The van der Waals surface area contributed by atoms with Gasteiger partial charge in [-0.2, -0.15) is 0 Å². The van der Waals surface area contributed by atoms with Gasteiger partial charge in [-0.3, -0.25) is 4.79 Å². The van der Waals surface area contributed by atoms with Gasteiger partial charge < -0.3 is 29.2 Å². The Hall–Kier alpha value is -0.730. The van der Waals surface area contributed by atoms with Gasteiger partial charge in [-0.1, -0.05) is 0 Å². The number of aliphatic hydroxyl groups excluding tert-OH is 2. The van der Waals surface area contributed by atoms with Gasteiger partial charge in [0.15, 0.2) is 11.9 Å². The highest BCUT2D eigenvalue weighted by molar-refractivity contribution is 5.66. The number of hydrogen-bond donors (Lipinski definition) is 2. The van der Waals surface area contributed by atoms with Crippen LogP contribution in [-0.4, -0.2) is 59.3 Å². The predicted octanol–water partition coefficient (Wildman–Crippen LogP) is -0.851. The molecule has 0 saturated carbocycles. The van der Waals surface area contributed by atoms with Crippen LogP contribution in [0.5, 0.6) is 0 Å². The highest BCUT2D eigenvalue weighted by Crippen LogP contribution is 2.42. The summed E-state index contributed by atoms with van der Waals surface area (Å²) in [5.74, 6) is -2.82. The van der Waals surface area contributed by atoms with Crippen molar-refractivity contribution in [2.24, 2.45) is 0 Å². The number of carbonyl (C=O) groups is 1. The monoisotopic (exact) mass is 262 g/mol. The van der Waals surface area contributed by atoms with Crippen LogP contribution in [0.15, 0.2) is 0 Å². The number of ether oxygens (including phenoxy) is 4. The Labute approximate surface area is 105 Å². The molecule has 2 heterocycles. The third-order valence-electron chi connectivity index (χ3n) is 2.99. The number of rotatable bonds is 2. The third kappa shape index (κ3) is 2.24. The summed E-state index contributed by atoms with van der Waals surface area (Å²) < 4.78 is 21.6. The van der Waals surface area contributed by atoms with Gasteiger partial charge in [-0.25, -0.2) is 0 Å². The van der Waals surface area contributed by atoms with Crippen LogP contribution < -0.4 is 0 Å². The minimum Gasteiger partial charge on any atom is -0.454 e. The zero-order valence-electron chi connectivity index (χ0n) is 10.6. The molecule has 0 radical (unpaired) electrons. The fraction of sp³-hybridized carbons (Fsp3) is 0.909. The SMILES string of the molecule is CC(=O)O[C@H]1[C@H](O)[C@H](CO)O[C@]12COC(C)(C)O2. The first kappa shape index (κ1) is 13.7. The van der Waals surface area contributed by atoms with Crippen molar-refractivity contribution < 1.29 is 34.0 Å². The molecule has 0 aromatic rings. The van der Waals surface area contributed by atoms with Gasteiger partial charge in [0.25, 0.3) is 0 Å². The maximum atomic E-state index is 11.1. The minimum absolute atomic E-state index is 0.0194. The Morgan fingerprint density at radius 3 is 2.61 bits per heavy atom. The van der Waals surface area contributed by atoms with Gasteiger partial charge in [-0.05, 0) is 13.8 Å². The van der Waals surface area contributed by atoms with Crippen molar-refractivity contribution in [2.75, 3.05) is 13.2 Å². The van der Waals surface area contributed by atoms with Crippen molar-refractivity contribution in [1.82, 2.24) is 0 Å². The molecule has 0 amide bonds. The molecule has 2 fully saturated rings. The highest BCUT2D eigenvalue weighted by Gasteiger charge is 2.63. The first-order chi connectivity index (χ1) is 8.30. The molecule has 0 unspecified atom stereocenters. The van der Waals surface area contributed by atoms with E-state index in [0.717, 1.165) is 0 Å². The molecular weight excluding hydrogens is 244 g/mol. The molecule has 2 aliphatic rings. The zero-order chi connectivity index (χ0) is 13.6. The van der Waals surface area contributed by atoms with Gasteiger partial charge in [0.05, 0.1) is 6.61 Å². The highest BCUT2D eigenvalue weighted by atomic mass is 16.9. The molecular formula is C11H18O7. The summed E-state index contributed by atoms with van der Waals surface area (Å²) in [6, 6.07) is 0. The second-order valence-electron chi connectivity index (χ2n) is 4.96. The molecule has 2 saturated heterocycles. The quantitative estimate of drug-likeness (QED) is 0.626. The van der Waals surface area contributed by atoms with Crippen molar-refractivity contribution in [3.05, 3.63) is 0 Å². The van der Waals surface area contributed by atoms with E-state index in [4.69, 9.17) is 24.1 Å². The number of aliphatic hydroxyl groups is 2. The maximum Gasteiger partial charge on any atom is 0.303 e. The lowest BCUT2D eigenvalue weighted by Crippen LogP contribution is -2.48.